The fourth-order valence-corrected chi connectivity index (χ4v) is 3.53. The van der Waals surface area contributed by atoms with Gasteiger partial charge in [-0.3, -0.25) is 9.79 Å². The van der Waals surface area contributed by atoms with Gasteiger partial charge in [-0.1, -0.05) is 12.1 Å². The van der Waals surface area contributed by atoms with E-state index in [9.17, 15) is 4.79 Å². The number of thiazole rings is 1. The fourth-order valence-electron chi connectivity index (χ4n) is 2.74. The Bertz CT molecular complexity index is 1100. The first kappa shape index (κ1) is 20.3. The minimum Gasteiger partial charge on any atom is -0.497 e. The van der Waals surface area contributed by atoms with E-state index in [1.54, 1.807) is 32.2 Å². The molecular formula is C21H22N4O3S. The molecule has 0 aliphatic heterocycles. The predicted molar refractivity (Wildman–Crippen MR) is 116 cm³/mol. The summed E-state index contributed by atoms with van der Waals surface area (Å²) in [5, 5.41) is 9.36. The molecule has 3 aromatic rings. The molecule has 1 aromatic heterocycles. The molecule has 2 aromatic carbocycles. The van der Waals surface area contributed by atoms with Crippen molar-refractivity contribution in [2.75, 3.05) is 26.6 Å². The third-order valence-corrected chi connectivity index (χ3v) is 5.02. The number of rotatable bonds is 6. The molecule has 1 amide bonds. The number of nitrogens with one attached hydrogen (secondary N) is 1. The van der Waals surface area contributed by atoms with Gasteiger partial charge in [-0.05, 0) is 29.8 Å². The monoisotopic (exact) mass is 410 g/mol. The van der Waals surface area contributed by atoms with Gasteiger partial charge in [-0.15, -0.1) is 11.3 Å². The van der Waals surface area contributed by atoms with Crippen molar-refractivity contribution >= 4 is 29.1 Å². The zero-order valence-electron chi connectivity index (χ0n) is 16.7. The van der Waals surface area contributed by atoms with E-state index in [1.165, 1.54) is 18.3 Å². The highest BCUT2D eigenvalue weighted by Gasteiger charge is 2.13. The molecule has 0 saturated carbocycles. The highest BCUT2D eigenvalue weighted by atomic mass is 32.1. The number of methoxy groups -OCH3 is 2. The SMILES string of the molecule is CN=c1scc(-c2ccc(OC)cc2OC)n1/N=C\c1ccc(NC(C)=O)cc1. The van der Waals surface area contributed by atoms with E-state index in [1.807, 2.05) is 47.8 Å². The normalized spacial score (nSPS) is 11.7. The van der Waals surface area contributed by atoms with Crippen LogP contribution in [-0.4, -0.2) is 38.1 Å². The quantitative estimate of drug-likeness (QED) is 0.631. The summed E-state index contributed by atoms with van der Waals surface area (Å²) in [6.45, 7) is 1.48. The van der Waals surface area contributed by atoms with Crippen LogP contribution in [0.3, 0.4) is 0 Å². The van der Waals surface area contributed by atoms with Crippen molar-refractivity contribution in [2.45, 2.75) is 6.92 Å². The summed E-state index contributed by atoms with van der Waals surface area (Å²) in [6, 6.07) is 13.1. The Morgan fingerprint density at radius 2 is 1.90 bits per heavy atom. The van der Waals surface area contributed by atoms with Gasteiger partial charge in [0.25, 0.3) is 0 Å². The molecule has 1 N–H and O–H groups in total. The maximum atomic E-state index is 11.1. The van der Waals surface area contributed by atoms with Crippen LogP contribution in [-0.2, 0) is 4.79 Å². The number of anilines is 1. The van der Waals surface area contributed by atoms with Gasteiger partial charge in [0.2, 0.25) is 10.7 Å². The van der Waals surface area contributed by atoms with Crippen LogP contribution in [0.1, 0.15) is 12.5 Å². The molecule has 7 nitrogen and oxygen atoms in total. The molecule has 1 heterocycles. The number of nitrogens with zero attached hydrogens (tertiary/aromatic N) is 3. The topological polar surface area (TPSA) is 77.2 Å². The average molecular weight is 410 g/mol. The average Bonchev–Trinajstić information content (AvgIpc) is 3.15. The van der Waals surface area contributed by atoms with Crippen LogP contribution >= 0.6 is 11.3 Å². The van der Waals surface area contributed by atoms with Crippen LogP contribution in [0.5, 0.6) is 11.5 Å². The lowest BCUT2D eigenvalue weighted by molar-refractivity contribution is -0.114. The minimum absolute atomic E-state index is 0.104. The van der Waals surface area contributed by atoms with Crippen molar-refractivity contribution in [2.24, 2.45) is 10.1 Å². The molecule has 0 atom stereocenters. The van der Waals surface area contributed by atoms with Gasteiger partial charge in [-0.2, -0.15) is 5.10 Å². The first-order chi connectivity index (χ1) is 14.0. The fraction of sp³-hybridized carbons (Fsp3) is 0.190. The van der Waals surface area contributed by atoms with Gasteiger partial charge in [-0.25, -0.2) is 4.68 Å². The second kappa shape index (κ2) is 9.20. The Hall–Kier alpha value is -3.39. The second-order valence-corrected chi connectivity index (χ2v) is 6.89. The number of carbonyl (C=O) groups excluding carboxylic acids is 1. The number of amides is 1. The summed E-state index contributed by atoms with van der Waals surface area (Å²) in [5.74, 6) is 1.30. The Morgan fingerprint density at radius 1 is 1.14 bits per heavy atom. The smallest absolute Gasteiger partial charge is 0.221 e. The lowest BCUT2D eigenvalue weighted by Gasteiger charge is -2.10. The van der Waals surface area contributed by atoms with Crippen molar-refractivity contribution in [3.8, 4) is 22.8 Å². The number of carbonyl (C=O) groups is 1. The number of hydrogen-bond donors (Lipinski definition) is 1. The van der Waals surface area contributed by atoms with Gasteiger partial charge in [0.1, 0.15) is 11.5 Å². The Labute approximate surface area is 173 Å². The van der Waals surface area contributed by atoms with Crippen LogP contribution in [0.15, 0.2) is 57.9 Å². The van der Waals surface area contributed by atoms with Gasteiger partial charge < -0.3 is 14.8 Å². The largest absolute Gasteiger partial charge is 0.497 e. The van der Waals surface area contributed by atoms with E-state index in [4.69, 9.17) is 9.47 Å². The zero-order valence-corrected chi connectivity index (χ0v) is 17.5. The molecular weight excluding hydrogens is 388 g/mol. The number of benzene rings is 2. The van der Waals surface area contributed by atoms with Gasteiger partial charge in [0, 0.05) is 36.7 Å². The molecule has 0 saturated heterocycles. The number of hydrogen-bond acceptors (Lipinski definition) is 6. The maximum absolute atomic E-state index is 11.1. The van der Waals surface area contributed by atoms with Crippen LogP contribution < -0.4 is 19.6 Å². The van der Waals surface area contributed by atoms with Crippen molar-refractivity contribution in [1.29, 1.82) is 0 Å². The summed E-state index contributed by atoms with van der Waals surface area (Å²) in [6.07, 6.45) is 1.75. The van der Waals surface area contributed by atoms with E-state index in [0.29, 0.717) is 5.75 Å². The number of aromatic nitrogens is 1. The third kappa shape index (κ3) is 4.72. The molecule has 0 bridgehead atoms. The number of ether oxygens (including phenoxy) is 2. The van der Waals surface area contributed by atoms with E-state index < -0.39 is 0 Å². The van der Waals surface area contributed by atoms with Crippen molar-refractivity contribution in [3.05, 3.63) is 58.2 Å². The van der Waals surface area contributed by atoms with E-state index >= 15 is 0 Å². The molecule has 150 valence electrons. The van der Waals surface area contributed by atoms with Gasteiger partial charge >= 0.3 is 0 Å². The summed E-state index contributed by atoms with van der Waals surface area (Å²) in [5.41, 5.74) is 3.39. The Morgan fingerprint density at radius 3 is 2.52 bits per heavy atom. The maximum Gasteiger partial charge on any atom is 0.221 e. The molecule has 0 fully saturated rings. The third-order valence-electron chi connectivity index (χ3n) is 4.11. The molecule has 29 heavy (non-hydrogen) atoms. The van der Waals surface area contributed by atoms with E-state index in [-0.39, 0.29) is 5.91 Å². The van der Waals surface area contributed by atoms with Crippen LogP contribution in [0.2, 0.25) is 0 Å². The minimum atomic E-state index is -0.104. The second-order valence-electron chi connectivity index (χ2n) is 6.05. The van der Waals surface area contributed by atoms with Gasteiger partial charge in [0.05, 0.1) is 26.1 Å². The molecule has 0 aliphatic rings. The standard InChI is InChI=1S/C21H22N4O3S/c1-14(26)24-16-7-5-15(6-8-16)12-23-25-19(13-29-21(25)22-2)18-10-9-17(27-3)11-20(18)28-4/h5-13H,1-4H3,(H,24,26)/b22-21?,23-12-. The molecule has 0 radical (unpaired) electrons. The first-order valence-corrected chi connectivity index (χ1v) is 9.71. The van der Waals surface area contributed by atoms with E-state index in [2.05, 4.69) is 15.4 Å². The molecule has 0 aliphatic carbocycles. The van der Waals surface area contributed by atoms with Crippen molar-refractivity contribution in [1.82, 2.24) is 4.68 Å². The lowest BCUT2D eigenvalue weighted by Crippen LogP contribution is -2.11. The first-order valence-electron chi connectivity index (χ1n) is 8.83. The van der Waals surface area contributed by atoms with Crippen LogP contribution in [0.4, 0.5) is 5.69 Å². The van der Waals surface area contributed by atoms with Crippen molar-refractivity contribution < 1.29 is 14.3 Å². The lowest BCUT2D eigenvalue weighted by atomic mass is 10.1. The highest BCUT2D eigenvalue weighted by molar-refractivity contribution is 7.07. The molecule has 0 unspecified atom stereocenters. The molecule has 8 heteroatoms. The molecule has 3 rings (SSSR count). The van der Waals surface area contributed by atoms with E-state index in [0.717, 1.165) is 33.1 Å². The van der Waals surface area contributed by atoms with Crippen LogP contribution in [0.25, 0.3) is 11.3 Å². The predicted octanol–water partition coefficient (Wildman–Crippen LogP) is 3.60. The Kier molecular flexibility index (Phi) is 6.46. The summed E-state index contributed by atoms with van der Waals surface area (Å²) >= 11 is 1.49. The summed E-state index contributed by atoms with van der Waals surface area (Å²) < 4.78 is 12.6. The summed E-state index contributed by atoms with van der Waals surface area (Å²) in [4.78, 5) is 16.2. The molecule has 0 spiro atoms. The van der Waals surface area contributed by atoms with Crippen LogP contribution in [0, 0.1) is 0 Å². The highest BCUT2D eigenvalue weighted by Crippen LogP contribution is 2.33. The zero-order chi connectivity index (χ0) is 20.8. The summed E-state index contributed by atoms with van der Waals surface area (Å²) in [7, 11) is 4.98. The van der Waals surface area contributed by atoms with Crippen molar-refractivity contribution in [3.63, 3.8) is 0 Å². The Balaban J connectivity index is 1.98. The van der Waals surface area contributed by atoms with Gasteiger partial charge in [0.15, 0.2) is 0 Å².